The summed E-state index contributed by atoms with van der Waals surface area (Å²) >= 11 is 12.0. The number of nitrogens with one attached hydrogen (secondary N) is 1. The third-order valence-electron chi connectivity index (χ3n) is 3.26. The van der Waals surface area contributed by atoms with Crippen LogP contribution in [0.1, 0.15) is 6.92 Å². The van der Waals surface area contributed by atoms with Crippen molar-refractivity contribution in [1.82, 2.24) is 19.7 Å². The van der Waals surface area contributed by atoms with Gasteiger partial charge in [-0.25, -0.2) is 14.6 Å². The topological polar surface area (TPSA) is 81.9 Å². The summed E-state index contributed by atoms with van der Waals surface area (Å²) in [6.45, 7) is 1.61. The van der Waals surface area contributed by atoms with Crippen molar-refractivity contribution in [3.05, 3.63) is 59.2 Å². The van der Waals surface area contributed by atoms with Gasteiger partial charge in [-0.1, -0.05) is 29.3 Å². The summed E-state index contributed by atoms with van der Waals surface area (Å²) in [6.07, 6.45) is 3.70. The van der Waals surface area contributed by atoms with E-state index in [9.17, 15) is 4.79 Å². The lowest BCUT2D eigenvalue weighted by Gasteiger charge is -2.16. The quantitative estimate of drug-likeness (QED) is 0.736. The van der Waals surface area contributed by atoms with Crippen LogP contribution in [0.25, 0.3) is 5.82 Å². The molecule has 2 heterocycles. The van der Waals surface area contributed by atoms with Crippen molar-refractivity contribution in [3.8, 4) is 11.6 Å². The number of benzene rings is 1. The molecular formula is C16H13Cl2N5O2. The zero-order valence-corrected chi connectivity index (χ0v) is 14.6. The highest BCUT2D eigenvalue weighted by molar-refractivity contribution is 6.42. The first-order valence-electron chi connectivity index (χ1n) is 7.27. The van der Waals surface area contributed by atoms with Crippen LogP contribution in [0.5, 0.6) is 5.75 Å². The van der Waals surface area contributed by atoms with E-state index in [4.69, 9.17) is 27.9 Å². The predicted octanol–water partition coefficient (Wildman–Crippen LogP) is 3.38. The summed E-state index contributed by atoms with van der Waals surface area (Å²) < 4.78 is 7.08. The second kappa shape index (κ2) is 7.50. The molecule has 0 saturated carbocycles. The molecule has 0 aliphatic carbocycles. The highest BCUT2D eigenvalue weighted by Crippen LogP contribution is 2.32. The van der Waals surface area contributed by atoms with Gasteiger partial charge in [0.1, 0.15) is 23.4 Å². The minimum atomic E-state index is -0.772. The Morgan fingerprint density at radius 1 is 1.28 bits per heavy atom. The van der Waals surface area contributed by atoms with Crippen LogP contribution in [0.15, 0.2) is 49.2 Å². The van der Waals surface area contributed by atoms with Gasteiger partial charge in [-0.15, -0.1) is 0 Å². The average Bonchev–Trinajstić information content (AvgIpc) is 3.14. The van der Waals surface area contributed by atoms with Crippen LogP contribution in [0, 0.1) is 0 Å². The third kappa shape index (κ3) is 4.07. The van der Waals surface area contributed by atoms with Gasteiger partial charge in [0.15, 0.2) is 11.9 Å². The Morgan fingerprint density at radius 2 is 2.12 bits per heavy atom. The minimum absolute atomic E-state index is 0.266. The van der Waals surface area contributed by atoms with E-state index in [0.29, 0.717) is 22.3 Å². The molecule has 2 aromatic heterocycles. The maximum Gasteiger partial charge on any atom is 0.265 e. The van der Waals surface area contributed by atoms with E-state index in [1.807, 2.05) is 0 Å². The number of amides is 1. The Balaban J connectivity index is 1.64. The van der Waals surface area contributed by atoms with Gasteiger partial charge in [0.05, 0.1) is 16.9 Å². The van der Waals surface area contributed by atoms with Crippen molar-refractivity contribution in [1.29, 1.82) is 0 Å². The molecule has 3 aromatic rings. The first-order chi connectivity index (χ1) is 12.0. The van der Waals surface area contributed by atoms with Gasteiger partial charge >= 0.3 is 0 Å². The molecule has 3 rings (SSSR count). The average molecular weight is 378 g/mol. The van der Waals surface area contributed by atoms with E-state index in [1.165, 1.54) is 23.5 Å². The Bertz CT molecular complexity index is 869. The molecule has 0 aliphatic rings. The Kier molecular flexibility index (Phi) is 5.16. The maximum absolute atomic E-state index is 12.3. The largest absolute Gasteiger partial charge is 0.479 e. The standard InChI is InChI=1S/C16H13Cl2N5O2/c1-10(25-13-4-2-3-12(17)15(13)18)16(24)22-11-5-6-14(20-7-11)23-9-19-8-21-23/h2-10H,1H3,(H,22,24)/t10-/m0/s1. The number of ether oxygens (including phenoxy) is 1. The highest BCUT2D eigenvalue weighted by atomic mass is 35.5. The molecule has 25 heavy (non-hydrogen) atoms. The van der Waals surface area contributed by atoms with Gasteiger partial charge < -0.3 is 10.1 Å². The molecule has 1 atom stereocenters. The molecule has 0 radical (unpaired) electrons. The molecule has 9 heteroatoms. The van der Waals surface area contributed by atoms with E-state index in [1.54, 1.807) is 37.3 Å². The maximum atomic E-state index is 12.3. The Labute approximate surface area is 153 Å². The SMILES string of the molecule is C[C@H](Oc1cccc(Cl)c1Cl)C(=O)Nc1ccc(-n2cncn2)nc1. The molecule has 0 aliphatic heterocycles. The normalized spacial score (nSPS) is 11.8. The molecule has 1 N–H and O–H groups in total. The van der Waals surface area contributed by atoms with Gasteiger partial charge in [0.25, 0.3) is 5.91 Å². The van der Waals surface area contributed by atoms with Crippen molar-refractivity contribution < 1.29 is 9.53 Å². The third-order valence-corrected chi connectivity index (χ3v) is 4.06. The number of hydrogen-bond acceptors (Lipinski definition) is 5. The van der Waals surface area contributed by atoms with Gasteiger partial charge in [-0.05, 0) is 31.2 Å². The lowest BCUT2D eigenvalue weighted by atomic mass is 10.3. The number of aromatic nitrogens is 4. The van der Waals surface area contributed by atoms with Crippen LogP contribution < -0.4 is 10.1 Å². The molecule has 0 bridgehead atoms. The number of pyridine rings is 1. The number of hydrogen-bond donors (Lipinski definition) is 1. The number of nitrogens with zero attached hydrogens (tertiary/aromatic N) is 4. The molecule has 128 valence electrons. The second-order valence-electron chi connectivity index (χ2n) is 5.05. The van der Waals surface area contributed by atoms with Crippen molar-refractivity contribution in [2.24, 2.45) is 0 Å². The lowest BCUT2D eigenvalue weighted by molar-refractivity contribution is -0.122. The fourth-order valence-corrected chi connectivity index (χ4v) is 2.32. The van der Waals surface area contributed by atoms with Gasteiger partial charge in [-0.2, -0.15) is 5.10 Å². The Morgan fingerprint density at radius 3 is 2.80 bits per heavy atom. The summed E-state index contributed by atoms with van der Waals surface area (Å²) in [5.41, 5.74) is 0.529. The number of anilines is 1. The fraction of sp³-hybridized carbons (Fsp3) is 0.125. The van der Waals surface area contributed by atoms with Crippen molar-refractivity contribution >= 4 is 34.8 Å². The minimum Gasteiger partial charge on any atom is -0.479 e. The molecule has 0 saturated heterocycles. The molecule has 0 spiro atoms. The summed E-state index contributed by atoms with van der Waals surface area (Å²) in [7, 11) is 0. The Hall–Kier alpha value is -2.64. The zero-order chi connectivity index (χ0) is 17.8. The van der Waals surface area contributed by atoms with E-state index >= 15 is 0 Å². The number of carbonyl (C=O) groups is 1. The van der Waals surface area contributed by atoms with Crippen LogP contribution in [0.3, 0.4) is 0 Å². The van der Waals surface area contributed by atoms with Crippen LogP contribution in [-0.4, -0.2) is 31.8 Å². The lowest BCUT2D eigenvalue weighted by Crippen LogP contribution is -2.30. The number of carbonyl (C=O) groups excluding carboxylic acids is 1. The molecule has 0 unspecified atom stereocenters. The monoisotopic (exact) mass is 377 g/mol. The van der Waals surface area contributed by atoms with Gasteiger partial charge in [-0.3, -0.25) is 4.79 Å². The van der Waals surface area contributed by atoms with Crippen LogP contribution in [0.4, 0.5) is 5.69 Å². The van der Waals surface area contributed by atoms with E-state index in [2.05, 4.69) is 20.4 Å². The summed E-state index contributed by atoms with van der Waals surface area (Å²) in [5, 5.41) is 7.33. The zero-order valence-electron chi connectivity index (χ0n) is 13.1. The van der Waals surface area contributed by atoms with E-state index < -0.39 is 6.10 Å². The summed E-state index contributed by atoms with van der Waals surface area (Å²) in [4.78, 5) is 20.3. The van der Waals surface area contributed by atoms with Crippen LogP contribution in [-0.2, 0) is 4.79 Å². The number of halogens is 2. The van der Waals surface area contributed by atoms with E-state index in [-0.39, 0.29) is 10.9 Å². The van der Waals surface area contributed by atoms with Crippen molar-refractivity contribution in [2.75, 3.05) is 5.32 Å². The van der Waals surface area contributed by atoms with Gasteiger partial charge in [0, 0.05) is 0 Å². The smallest absolute Gasteiger partial charge is 0.265 e. The molecular weight excluding hydrogens is 365 g/mol. The predicted molar refractivity (Wildman–Crippen MR) is 94.3 cm³/mol. The molecule has 1 amide bonds. The molecule has 0 fully saturated rings. The molecule has 1 aromatic carbocycles. The number of rotatable bonds is 5. The second-order valence-corrected chi connectivity index (χ2v) is 5.83. The molecule has 7 nitrogen and oxygen atoms in total. The van der Waals surface area contributed by atoms with Crippen LogP contribution in [0.2, 0.25) is 10.0 Å². The van der Waals surface area contributed by atoms with Crippen LogP contribution >= 0.6 is 23.2 Å². The highest BCUT2D eigenvalue weighted by Gasteiger charge is 2.17. The van der Waals surface area contributed by atoms with Crippen molar-refractivity contribution in [3.63, 3.8) is 0 Å². The van der Waals surface area contributed by atoms with Crippen molar-refractivity contribution in [2.45, 2.75) is 13.0 Å². The summed E-state index contributed by atoms with van der Waals surface area (Å²) in [5.74, 6) is 0.591. The first-order valence-corrected chi connectivity index (χ1v) is 8.03. The van der Waals surface area contributed by atoms with Gasteiger partial charge in [0.2, 0.25) is 0 Å². The van der Waals surface area contributed by atoms with E-state index in [0.717, 1.165) is 0 Å². The fourth-order valence-electron chi connectivity index (χ4n) is 1.98. The summed E-state index contributed by atoms with van der Waals surface area (Å²) in [6, 6.07) is 8.40. The first kappa shape index (κ1) is 17.2.